The number of aryl methyl sites for hydroxylation is 2. The summed E-state index contributed by atoms with van der Waals surface area (Å²) in [4.78, 5) is 12.8. The van der Waals surface area contributed by atoms with Crippen molar-refractivity contribution in [2.45, 2.75) is 51.3 Å². The van der Waals surface area contributed by atoms with Crippen molar-refractivity contribution in [2.75, 3.05) is 16.6 Å². The molecule has 3 aromatic rings. The molecule has 0 aliphatic carbocycles. The Morgan fingerprint density at radius 3 is 2.37 bits per heavy atom. The smallest absolute Gasteiger partial charge is 0.261 e. The maximum Gasteiger partial charge on any atom is 0.261 e. The van der Waals surface area contributed by atoms with Crippen LogP contribution in [0, 0.1) is 13.8 Å². The lowest BCUT2D eigenvalue weighted by molar-refractivity contribution is 0.0977. The number of halogens is 1. The molecule has 0 aromatic heterocycles. The van der Waals surface area contributed by atoms with Crippen LogP contribution in [-0.2, 0) is 10.0 Å². The molecule has 3 rings (SSSR count). The van der Waals surface area contributed by atoms with E-state index in [-0.39, 0.29) is 15.9 Å². The third-order valence-corrected chi connectivity index (χ3v) is 7.93. The Kier molecular flexibility index (Phi) is 10.7. The minimum absolute atomic E-state index is 0.0892. The zero-order valence-corrected chi connectivity index (χ0v) is 24.9. The molecular weight excluding hydrogens is 586 g/mol. The zero-order valence-electron chi connectivity index (χ0n) is 21.6. The van der Waals surface area contributed by atoms with E-state index in [1.54, 1.807) is 36.4 Å². The molecule has 0 radical (unpaired) electrons. The predicted molar refractivity (Wildman–Crippen MR) is 161 cm³/mol. The van der Waals surface area contributed by atoms with Crippen LogP contribution >= 0.6 is 28.1 Å². The SMILES string of the molecule is CCCCCCOc1ccc(C(=O)NC(=S)Nc2ccc(S(=O)(=O)Nc3ccc(C)cc3C)cc2)cc1Br. The standard InChI is InChI=1S/C28H32BrN3O4S2/c1-4-5-6-7-16-36-26-15-9-21(18-24(26)29)27(33)31-28(37)30-22-10-12-23(13-11-22)38(34,35)32-25-14-8-19(2)17-20(25)3/h8-15,17-18,32H,4-7,16H2,1-3H3,(H2,30,31,33,37). The van der Waals surface area contributed by atoms with Crippen LogP contribution in [0.25, 0.3) is 0 Å². The van der Waals surface area contributed by atoms with Crippen molar-refractivity contribution in [3.8, 4) is 5.75 Å². The first-order valence-electron chi connectivity index (χ1n) is 12.3. The summed E-state index contributed by atoms with van der Waals surface area (Å²) >= 11 is 8.73. The topological polar surface area (TPSA) is 96.5 Å². The molecule has 0 aliphatic heterocycles. The van der Waals surface area contributed by atoms with Gasteiger partial charge in [-0.3, -0.25) is 14.8 Å². The van der Waals surface area contributed by atoms with Crippen molar-refractivity contribution in [3.05, 3.63) is 81.8 Å². The second-order valence-corrected chi connectivity index (χ2v) is 11.9. The summed E-state index contributed by atoms with van der Waals surface area (Å²) in [7, 11) is -3.76. The second-order valence-electron chi connectivity index (χ2n) is 8.91. The predicted octanol–water partition coefficient (Wildman–Crippen LogP) is 6.95. The van der Waals surface area contributed by atoms with Crippen molar-refractivity contribution < 1.29 is 17.9 Å². The van der Waals surface area contributed by atoms with Gasteiger partial charge in [-0.25, -0.2) is 8.42 Å². The van der Waals surface area contributed by atoms with E-state index in [1.165, 1.54) is 25.0 Å². The van der Waals surface area contributed by atoms with E-state index in [0.29, 0.717) is 33.8 Å². The van der Waals surface area contributed by atoms with Crippen LogP contribution in [0.4, 0.5) is 11.4 Å². The number of anilines is 2. The number of unbranched alkanes of at least 4 members (excludes halogenated alkanes) is 3. The minimum Gasteiger partial charge on any atom is -0.492 e. The van der Waals surface area contributed by atoms with Gasteiger partial charge in [-0.1, -0.05) is 43.9 Å². The maximum absolute atomic E-state index is 12.8. The van der Waals surface area contributed by atoms with Gasteiger partial charge in [0.2, 0.25) is 0 Å². The highest BCUT2D eigenvalue weighted by Crippen LogP contribution is 2.26. The summed E-state index contributed by atoms with van der Waals surface area (Å²) < 4.78 is 34.7. The number of carbonyl (C=O) groups is 1. The fraction of sp³-hybridized carbons (Fsp3) is 0.286. The van der Waals surface area contributed by atoms with Crippen molar-refractivity contribution in [1.82, 2.24) is 5.32 Å². The minimum atomic E-state index is -3.76. The van der Waals surface area contributed by atoms with Gasteiger partial charge in [0.1, 0.15) is 5.75 Å². The van der Waals surface area contributed by atoms with Crippen molar-refractivity contribution in [1.29, 1.82) is 0 Å². The first kappa shape index (κ1) is 29.6. The number of nitrogens with one attached hydrogen (secondary N) is 3. The summed E-state index contributed by atoms with van der Waals surface area (Å²) in [6.45, 7) is 6.59. The number of hydrogen-bond donors (Lipinski definition) is 3. The first-order chi connectivity index (χ1) is 18.1. The highest BCUT2D eigenvalue weighted by Gasteiger charge is 2.16. The van der Waals surface area contributed by atoms with E-state index >= 15 is 0 Å². The molecule has 0 saturated carbocycles. The molecule has 0 fully saturated rings. The summed E-state index contributed by atoms with van der Waals surface area (Å²) in [5.74, 6) is 0.301. The number of amides is 1. The molecule has 0 saturated heterocycles. The molecule has 10 heteroatoms. The quantitative estimate of drug-likeness (QED) is 0.159. The zero-order chi connectivity index (χ0) is 27.7. The highest BCUT2D eigenvalue weighted by molar-refractivity contribution is 9.10. The Labute approximate surface area is 238 Å². The lowest BCUT2D eigenvalue weighted by Crippen LogP contribution is -2.34. The third kappa shape index (κ3) is 8.54. The number of benzene rings is 3. The molecule has 0 bridgehead atoms. The number of rotatable bonds is 11. The van der Waals surface area contributed by atoms with Gasteiger partial charge in [0.25, 0.3) is 15.9 Å². The van der Waals surface area contributed by atoms with Gasteiger partial charge in [0.15, 0.2) is 5.11 Å². The summed E-state index contributed by atoms with van der Waals surface area (Å²) in [5.41, 5.74) is 3.37. The van der Waals surface area contributed by atoms with Crippen LogP contribution in [0.15, 0.2) is 70.0 Å². The molecule has 3 N–H and O–H groups in total. The molecule has 202 valence electrons. The Hall–Kier alpha value is -2.95. The van der Waals surface area contributed by atoms with Crippen LogP contribution in [0.2, 0.25) is 0 Å². The van der Waals surface area contributed by atoms with Gasteiger partial charge in [-0.05, 0) is 103 Å². The highest BCUT2D eigenvalue weighted by atomic mass is 79.9. The number of sulfonamides is 1. The molecule has 38 heavy (non-hydrogen) atoms. The molecule has 0 spiro atoms. The van der Waals surface area contributed by atoms with Crippen LogP contribution < -0.4 is 20.1 Å². The van der Waals surface area contributed by atoms with E-state index in [1.807, 2.05) is 26.0 Å². The molecule has 0 heterocycles. The molecule has 7 nitrogen and oxygen atoms in total. The lowest BCUT2D eigenvalue weighted by Gasteiger charge is -2.13. The maximum atomic E-state index is 12.8. The van der Waals surface area contributed by atoms with Gasteiger partial charge >= 0.3 is 0 Å². The monoisotopic (exact) mass is 617 g/mol. The van der Waals surface area contributed by atoms with E-state index in [9.17, 15) is 13.2 Å². The van der Waals surface area contributed by atoms with Crippen LogP contribution in [0.5, 0.6) is 5.75 Å². The Balaban J connectivity index is 1.55. The van der Waals surface area contributed by atoms with Crippen molar-refractivity contribution in [3.63, 3.8) is 0 Å². The number of thiocarbonyl (C=S) groups is 1. The van der Waals surface area contributed by atoms with Crippen LogP contribution in [0.1, 0.15) is 54.1 Å². The van der Waals surface area contributed by atoms with Crippen LogP contribution in [-0.4, -0.2) is 26.0 Å². The largest absolute Gasteiger partial charge is 0.492 e. The molecule has 0 unspecified atom stereocenters. The average molecular weight is 619 g/mol. The first-order valence-corrected chi connectivity index (χ1v) is 15.0. The van der Waals surface area contributed by atoms with Crippen molar-refractivity contribution in [2.24, 2.45) is 0 Å². The molecular formula is C28H32BrN3O4S2. The lowest BCUT2D eigenvalue weighted by atomic mass is 10.1. The van der Waals surface area contributed by atoms with E-state index in [2.05, 4.69) is 38.2 Å². The fourth-order valence-corrected chi connectivity index (χ4v) is 5.49. The Bertz CT molecular complexity index is 1390. The second kappa shape index (κ2) is 13.7. The van der Waals surface area contributed by atoms with Gasteiger partial charge in [-0.2, -0.15) is 0 Å². The van der Waals surface area contributed by atoms with Gasteiger partial charge in [-0.15, -0.1) is 0 Å². The number of hydrogen-bond acceptors (Lipinski definition) is 5. The van der Waals surface area contributed by atoms with Crippen LogP contribution in [0.3, 0.4) is 0 Å². The molecule has 3 aromatic carbocycles. The molecule has 0 atom stereocenters. The number of carbonyl (C=O) groups excluding carboxylic acids is 1. The summed E-state index contributed by atoms with van der Waals surface area (Å²) in [6, 6.07) is 16.7. The molecule has 1 amide bonds. The third-order valence-electron chi connectivity index (χ3n) is 5.73. The van der Waals surface area contributed by atoms with Gasteiger partial charge in [0, 0.05) is 11.3 Å². The Morgan fingerprint density at radius 1 is 0.974 bits per heavy atom. The summed E-state index contributed by atoms with van der Waals surface area (Å²) in [6.07, 6.45) is 4.47. The number of ether oxygens (including phenoxy) is 1. The van der Waals surface area contributed by atoms with E-state index < -0.39 is 10.0 Å². The summed E-state index contributed by atoms with van der Waals surface area (Å²) in [5, 5.41) is 5.63. The van der Waals surface area contributed by atoms with E-state index in [0.717, 1.165) is 24.0 Å². The molecule has 0 aliphatic rings. The normalized spacial score (nSPS) is 11.1. The fourth-order valence-electron chi connectivity index (χ4n) is 3.66. The van der Waals surface area contributed by atoms with Crippen molar-refractivity contribution >= 4 is 60.6 Å². The average Bonchev–Trinajstić information content (AvgIpc) is 2.86. The van der Waals surface area contributed by atoms with E-state index in [4.69, 9.17) is 17.0 Å². The van der Waals surface area contributed by atoms with Gasteiger partial charge in [0.05, 0.1) is 21.7 Å². The van der Waals surface area contributed by atoms with Gasteiger partial charge < -0.3 is 10.1 Å². The Morgan fingerprint density at radius 2 is 1.71 bits per heavy atom.